The van der Waals surface area contributed by atoms with Crippen LogP contribution in [0, 0.1) is 18.3 Å². The van der Waals surface area contributed by atoms with Crippen molar-refractivity contribution in [3.05, 3.63) is 93.0 Å². The molecule has 0 bridgehead atoms. The van der Waals surface area contributed by atoms with Crippen LogP contribution in [0.5, 0.6) is 11.5 Å². The number of hydrogen-bond acceptors (Lipinski definition) is 4. The molecule has 0 saturated carbocycles. The number of aryl methyl sites for hydroxylation is 1. The van der Waals surface area contributed by atoms with E-state index in [2.05, 4.69) is 5.32 Å². The van der Waals surface area contributed by atoms with Gasteiger partial charge in [-0.25, -0.2) is 0 Å². The molecule has 0 aliphatic rings. The van der Waals surface area contributed by atoms with Crippen LogP contribution in [0.3, 0.4) is 0 Å². The Morgan fingerprint density at radius 3 is 2.58 bits per heavy atom. The monoisotopic (exact) mass is 480 g/mol. The van der Waals surface area contributed by atoms with E-state index in [1.807, 2.05) is 50.2 Å². The fraction of sp³-hybridized carbons (Fsp3) is 0.154. The molecule has 0 saturated heterocycles. The third kappa shape index (κ3) is 6.52. The normalized spacial score (nSPS) is 10.9. The molecule has 3 rings (SSSR count). The Hall–Kier alpha value is -3.46. The van der Waals surface area contributed by atoms with Crippen LogP contribution in [0.25, 0.3) is 6.08 Å². The number of halogens is 2. The number of nitrogens with one attached hydrogen (secondary N) is 1. The molecule has 0 heterocycles. The van der Waals surface area contributed by atoms with Crippen molar-refractivity contribution in [1.82, 2.24) is 0 Å². The molecule has 0 unspecified atom stereocenters. The minimum Gasteiger partial charge on any atom is -0.490 e. The summed E-state index contributed by atoms with van der Waals surface area (Å²) < 4.78 is 11.6. The lowest BCUT2D eigenvalue weighted by molar-refractivity contribution is -0.112. The van der Waals surface area contributed by atoms with Crippen molar-refractivity contribution in [3.8, 4) is 17.6 Å². The van der Waals surface area contributed by atoms with Gasteiger partial charge in [-0.15, -0.1) is 0 Å². The van der Waals surface area contributed by atoms with Crippen LogP contribution in [-0.4, -0.2) is 12.5 Å². The minimum absolute atomic E-state index is 0.0654. The lowest BCUT2D eigenvalue weighted by Crippen LogP contribution is -2.14. The van der Waals surface area contributed by atoms with E-state index < -0.39 is 5.91 Å². The number of nitriles is 1. The molecular weight excluding hydrogens is 459 g/mol. The standard InChI is InChI=1S/C26H22Cl2N2O3/c1-3-32-24-14-19(11-20(15-29)26(31)30-23-10-5-4-7-17(23)2)13-22(28)25(24)33-16-18-8-6-9-21(27)12-18/h4-14H,3,16H2,1-2H3,(H,30,31)/b20-11+. The largest absolute Gasteiger partial charge is 0.490 e. The Morgan fingerprint density at radius 2 is 1.88 bits per heavy atom. The molecule has 0 aliphatic carbocycles. The summed E-state index contributed by atoms with van der Waals surface area (Å²) in [5, 5.41) is 13.2. The van der Waals surface area contributed by atoms with Gasteiger partial charge in [0.1, 0.15) is 18.2 Å². The first-order valence-corrected chi connectivity index (χ1v) is 11.0. The van der Waals surface area contributed by atoms with Crippen LogP contribution >= 0.6 is 23.2 Å². The van der Waals surface area contributed by atoms with Crippen LogP contribution < -0.4 is 14.8 Å². The van der Waals surface area contributed by atoms with Gasteiger partial charge in [-0.2, -0.15) is 5.26 Å². The first-order valence-electron chi connectivity index (χ1n) is 10.2. The van der Waals surface area contributed by atoms with Crippen LogP contribution in [-0.2, 0) is 11.4 Å². The number of nitrogens with zero attached hydrogens (tertiary/aromatic N) is 1. The van der Waals surface area contributed by atoms with Crippen LogP contribution in [0.15, 0.2) is 66.2 Å². The molecule has 1 N–H and O–H groups in total. The number of benzene rings is 3. The summed E-state index contributed by atoms with van der Waals surface area (Å²) in [4.78, 5) is 12.6. The van der Waals surface area contributed by atoms with Crippen LogP contribution in [0.1, 0.15) is 23.6 Å². The van der Waals surface area contributed by atoms with Crippen molar-refractivity contribution in [1.29, 1.82) is 5.26 Å². The highest BCUT2D eigenvalue weighted by atomic mass is 35.5. The summed E-state index contributed by atoms with van der Waals surface area (Å²) in [5.41, 5.74) is 2.89. The van der Waals surface area contributed by atoms with Crippen molar-refractivity contribution in [2.24, 2.45) is 0 Å². The first-order chi connectivity index (χ1) is 15.9. The van der Waals surface area contributed by atoms with E-state index in [9.17, 15) is 10.1 Å². The van der Waals surface area contributed by atoms with Crippen molar-refractivity contribution in [2.75, 3.05) is 11.9 Å². The Morgan fingerprint density at radius 1 is 1.09 bits per heavy atom. The van der Waals surface area contributed by atoms with Crippen LogP contribution in [0.4, 0.5) is 5.69 Å². The first kappa shape index (κ1) is 24.2. The zero-order chi connectivity index (χ0) is 23.8. The summed E-state index contributed by atoms with van der Waals surface area (Å²) in [6, 6.07) is 19.9. The Balaban J connectivity index is 1.86. The number of carbonyl (C=O) groups is 1. The summed E-state index contributed by atoms with van der Waals surface area (Å²) in [6.45, 7) is 4.35. The van der Waals surface area contributed by atoms with Gasteiger partial charge in [-0.3, -0.25) is 4.79 Å². The lowest BCUT2D eigenvalue weighted by atomic mass is 10.1. The average molecular weight is 481 g/mol. The number of anilines is 1. The predicted molar refractivity (Wildman–Crippen MR) is 132 cm³/mol. The molecule has 0 aromatic heterocycles. The van der Waals surface area contributed by atoms with Gasteiger partial charge >= 0.3 is 0 Å². The summed E-state index contributed by atoms with van der Waals surface area (Å²) in [5.74, 6) is 0.274. The van der Waals surface area contributed by atoms with Crippen molar-refractivity contribution < 1.29 is 14.3 Å². The Bertz CT molecular complexity index is 1230. The van der Waals surface area contributed by atoms with Gasteiger partial charge in [-0.05, 0) is 66.9 Å². The number of amides is 1. The molecule has 0 fully saturated rings. The van der Waals surface area contributed by atoms with E-state index in [1.54, 1.807) is 30.3 Å². The van der Waals surface area contributed by atoms with Crippen molar-refractivity contribution >= 4 is 40.9 Å². The molecule has 5 nitrogen and oxygen atoms in total. The van der Waals surface area contributed by atoms with E-state index in [0.29, 0.717) is 39.4 Å². The third-order valence-corrected chi connectivity index (χ3v) is 5.19. The second-order valence-corrected chi connectivity index (χ2v) is 7.96. The van der Waals surface area contributed by atoms with E-state index in [1.165, 1.54) is 6.08 Å². The van der Waals surface area contributed by atoms with Crippen LogP contribution in [0.2, 0.25) is 10.0 Å². The molecule has 3 aromatic rings. The Labute approximate surface area is 203 Å². The molecule has 0 radical (unpaired) electrons. The molecule has 0 aliphatic heterocycles. The van der Waals surface area contributed by atoms with E-state index >= 15 is 0 Å². The molecule has 33 heavy (non-hydrogen) atoms. The molecule has 0 atom stereocenters. The van der Waals surface area contributed by atoms with Gasteiger partial charge in [0, 0.05) is 10.7 Å². The van der Waals surface area contributed by atoms with E-state index in [0.717, 1.165) is 11.1 Å². The van der Waals surface area contributed by atoms with Gasteiger partial charge in [0.25, 0.3) is 5.91 Å². The van der Waals surface area contributed by atoms with E-state index in [4.69, 9.17) is 32.7 Å². The zero-order valence-electron chi connectivity index (χ0n) is 18.2. The van der Waals surface area contributed by atoms with Gasteiger partial charge in [0.2, 0.25) is 0 Å². The molecule has 7 heteroatoms. The maximum absolute atomic E-state index is 12.6. The quantitative estimate of drug-likeness (QED) is 0.283. The molecule has 168 valence electrons. The topological polar surface area (TPSA) is 71.3 Å². The number of hydrogen-bond donors (Lipinski definition) is 1. The highest BCUT2D eigenvalue weighted by Gasteiger charge is 2.15. The minimum atomic E-state index is -0.512. The smallest absolute Gasteiger partial charge is 0.266 e. The van der Waals surface area contributed by atoms with Crippen molar-refractivity contribution in [3.63, 3.8) is 0 Å². The second-order valence-electron chi connectivity index (χ2n) is 7.12. The molecule has 0 spiro atoms. The van der Waals surface area contributed by atoms with Gasteiger partial charge < -0.3 is 14.8 Å². The highest BCUT2D eigenvalue weighted by Crippen LogP contribution is 2.38. The fourth-order valence-corrected chi connectivity index (χ4v) is 3.56. The third-order valence-electron chi connectivity index (χ3n) is 4.67. The Kier molecular flexibility index (Phi) is 8.37. The molecular formula is C26H22Cl2N2O3. The maximum atomic E-state index is 12.6. The van der Waals surface area contributed by atoms with E-state index in [-0.39, 0.29) is 12.2 Å². The number of ether oxygens (including phenoxy) is 2. The zero-order valence-corrected chi connectivity index (χ0v) is 19.7. The maximum Gasteiger partial charge on any atom is 0.266 e. The van der Waals surface area contributed by atoms with Crippen molar-refractivity contribution in [2.45, 2.75) is 20.5 Å². The summed E-state index contributed by atoms with van der Waals surface area (Å²) in [6.07, 6.45) is 1.46. The van der Waals surface area contributed by atoms with Gasteiger partial charge in [0.05, 0.1) is 11.6 Å². The highest BCUT2D eigenvalue weighted by molar-refractivity contribution is 6.32. The molecule has 1 amide bonds. The molecule has 3 aromatic carbocycles. The predicted octanol–water partition coefficient (Wildman–Crippen LogP) is 6.83. The summed E-state index contributed by atoms with van der Waals surface area (Å²) in [7, 11) is 0. The van der Waals surface area contributed by atoms with Gasteiger partial charge in [0.15, 0.2) is 11.5 Å². The SMILES string of the molecule is CCOc1cc(/C=C(\C#N)C(=O)Nc2ccccc2C)cc(Cl)c1OCc1cccc(Cl)c1. The van der Waals surface area contributed by atoms with Gasteiger partial charge in [-0.1, -0.05) is 53.5 Å². The number of carbonyl (C=O) groups excluding carboxylic acids is 1. The lowest BCUT2D eigenvalue weighted by Gasteiger charge is -2.15. The summed E-state index contributed by atoms with van der Waals surface area (Å²) >= 11 is 12.5. The number of para-hydroxylation sites is 1. The fourth-order valence-electron chi connectivity index (χ4n) is 3.07. The average Bonchev–Trinajstić information content (AvgIpc) is 2.78. The number of rotatable bonds is 8. The second kappa shape index (κ2) is 11.4.